The molecule has 0 radical (unpaired) electrons. The number of allylic oxidation sites excluding steroid dienone is 4. The molecule has 0 saturated carbocycles. The second-order valence-electron chi connectivity index (χ2n) is 23.9. The Morgan fingerprint density at radius 2 is 0.618 bits per heavy atom. The third-order valence-corrected chi connectivity index (χ3v) is 16.2. The zero-order valence-corrected chi connectivity index (χ0v) is 51.5. The lowest BCUT2D eigenvalue weighted by atomic mass is 10.0. The summed E-state index contributed by atoms with van der Waals surface area (Å²) in [5.74, 6) is -0.0236. The molecule has 2 unspecified atom stereocenters. The van der Waals surface area contributed by atoms with Gasteiger partial charge in [0, 0.05) is 12.8 Å². The van der Waals surface area contributed by atoms with E-state index in [-0.39, 0.29) is 18.5 Å². The van der Waals surface area contributed by atoms with Gasteiger partial charge in [-0.25, -0.2) is 0 Å². The lowest BCUT2D eigenvalue weighted by Gasteiger charge is -2.22. The van der Waals surface area contributed by atoms with Crippen LogP contribution in [0, 0.1) is 0 Å². The summed E-state index contributed by atoms with van der Waals surface area (Å²) in [6.07, 6.45) is 82.2. The largest absolute Gasteiger partial charge is 0.466 e. The number of hydrogen-bond donors (Lipinski definition) is 3. The van der Waals surface area contributed by atoms with Crippen molar-refractivity contribution >= 4 is 11.9 Å². The van der Waals surface area contributed by atoms with Gasteiger partial charge >= 0.3 is 5.97 Å². The molecule has 6 nitrogen and oxygen atoms in total. The number of hydrogen-bond acceptors (Lipinski definition) is 5. The molecule has 0 aromatic heterocycles. The molecule has 2 atom stereocenters. The van der Waals surface area contributed by atoms with Crippen LogP contribution in [0.1, 0.15) is 386 Å². The van der Waals surface area contributed by atoms with E-state index in [4.69, 9.17) is 4.74 Å². The fraction of sp³-hybridized carbons (Fsp3) is 0.914. The van der Waals surface area contributed by atoms with Crippen LogP contribution in [0.2, 0.25) is 0 Å². The molecule has 1 amide bonds. The van der Waals surface area contributed by atoms with E-state index >= 15 is 0 Å². The molecule has 76 heavy (non-hydrogen) atoms. The van der Waals surface area contributed by atoms with Crippen molar-refractivity contribution in [3.8, 4) is 0 Å². The van der Waals surface area contributed by atoms with Gasteiger partial charge in [-0.2, -0.15) is 0 Å². The first-order chi connectivity index (χ1) is 37.5. The van der Waals surface area contributed by atoms with Gasteiger partial charge in [0.05, 0.1) is 25.4 Å². The van der Waals surface area contributed by atoms with Crippen LogP contribution in [0.3, 0.4) is 0 Å². The molecule has 0 heterocycles. The normalized spacial score (nSPS) is 12.6. The maximum absolute atomic E-state index is 12.5. The SMILES string of the molecule is CCCCC/C=C\CCCCCCCC(=O)OCCCCCCCCCCCCCC/C=C\CCCCCCCCCCCCCCCC(=O)NC(CO)C(O)CCCCCCCCCCCCCCCCCCCC. The summed E-state index contributed by atoms with van der Waals surface area (Å²) < 4.78 is 5.47. The van der Waals surface area contributed by atoms with Crippen molar-refractivity contribution in [2.75, 3.05) is 13.2 Å². The van der Waals surface area contributed by atoms with E-state index in [0.717, 1.165) is 44.9 Å². The molecule has 0 fully saturated rings. The van der Waals surface area contributed by atoms with Crippen molar-refractivity contribution < 1.29 is 24.5 Å². The highest BCUT2D eigenvalue weighted by Gasteiger charge is 2.20. The van der Waals surface area contributed by atoms with E-state index in [1.807, 2.05) is 0 Å². The first kappa shape index (κ1) is 74.3. The zero-order chi connectivity index (χ0) is 55.0. The predicted molar refractivity (Wildman–Crippen MR) is 333 cm³/mol. The lowest BCUT2D eigenvalue weighted by molar-refractivity contribution is -0.143. The Morgan fingerprint density at radius 3 is 0.961 bits per heavy atom. The van der Waals surface area contributed by atoms with Gasteiger partial charge in [0.25, 0.3) is 0 Å². The van der Waals surface area contributed by atoms with Crippen molar-refractivity contribution in [3.05, 3.63) is 24.3 Å². The van der Waals surface area contributed by atoms with Crippen molar-refractivity contribution in [2.45, 2.75) is 398 Å². The Kier molecular flexibility index (Phi) is 64.4. The molecule has 0 spiro atoms. The molecule has 0 aromatic rings. The van der Waals surface area contributed by atoms with Crippen molar-refractivity contribution in [2.24, 2.45) is 0 Å². The minimum atomic E-state index is -0.664. The Bertz CT molecular complexity index is 1190. The van der Waals surface area contributed by atoms with Gasteiger partial charge in [-0.05, 0) is 77.0 Å². The van der Waals surface area contributed by atoms with Crippen LogP contribution >= 0.6 is 0 Å². The molecule has 0 saturated heterocycles. The van der Waals surface area contributed by atoms with Crippen molar-refractivity contribution in [1.82, 2.24) is 5.32 Å². The smallest absolute Gasteiger partial charge is 0.305 e. The molecule has 3 N–H and O–H groups in total. The first-order valence-electron chi connectivity index (χ1n) is 34.6. The second-order valence-corrected chi connectivity index (χ2v) is 23.9. The van der Waals surface area contributed by atoms with Gasteiger partial charge in [0.15, 0.2) is 0 Å². The van der Waals surface area contributed by atoms with Crippen LogP contribution in [0.4, 0.5) is 0 Å². The molecular formula is C70H135NO5. The Hall–Kier alpha value is -1.66. The highest BCUT2D eigenvalue weighted by Crippen LogP contribution is 2.19. The number of unbranched alkanes of at least 4 members (excludes halogenated alkanes) is 50. The second kappa shape index (κ2) is 65.9. The maximum Gasteiger partial charge on any atom is 0.305 e. The number of aliphatic hydroxyl groups excluding tert-OH is 2. The van der Waals surface area contributed by atoms with E-state index < -0.39 is 12.1 Å². The number of aliphatic hydroxyl groups is 2. The van der Waals surface area contributed by atoms with Gasteiger partial charge in [0.1, 0.15) is 0 Å². The summed E-state index contributed by atoms with van der Waals surface area (Å²) in [7, 11) is 0. The molecule has 0 aromatic carbocycles. The number of carbonyl (C=O) groups excluding carboxylic acids is 2. The minimum absolute atomic E-state index is 0.00690. The van der Waals surface area contributed by atoms with Gasteiger partial charge in [-0.15, -0.1) is 0 Å². The number of nitrogens with one attached hydrogen (secondary N) is 1. The molecule has 0 aliphatic rings. The van der Waals surface area contributed by atoms with Crippen molar-refractivity contribution in [1.29, 1.82) is 0 Å². The predicted octanol–water partition coefficient (Wildman–Crippen LogP) is 22.1. The van der Waals surface area contributed by atoms with Crippen LogP contribution in [0.25, 0.3) is 0 Å². The number of amides is 1. The number of rotatable bonds is 65. The highest BCUT2D eigenvalue weighted by atomic mass is 16.5. The standard InChI is InChI=1S/C70H135NO5/c1-3-5-7-9-11-13-15-17-18-19-33-36-39-42-46-50-54-58-62-68(73)67(66-72)71-69(74)63-59-55-51-47-43-40-37-34-31-29-27-25-23-21-20-22-24-26-28-30-32-35-38-41-45-49-53-57-61-65-76-70(75)64-60-56-52-48-44-16-14-12-10-8-6-4-2/h12,14,20,22,67-68,72-73H,3-11,13,15-19,21,23-66H2,1-2H3,(H,71,74)/b14-12-,22-20-. The quantitative estimate of drug-likeness (QED) is 0.0320. The average Bonchev–Trinajstić information content (AvgIpc) is 3.42. The van der Waals surface area contributed by atoms with E-state index in [0.29, 0.717) is 25.9 Å². The molecule has 0 rings (SSSR count). The maximum atomic E-state index is 12.5. The van der Waals surface area contributed by atoms with Gasteiger partial charge < -0.3 is 20.3 Å². The number of carbonyl (C=O) groups is 2. The van der Waals surface area contributed by atoms with Crippen LogP contribution < -0.4 is 5.32 Å². The Morgan fingerprint density at radius 1 is 0.355 bits per heavy atom. The third-order valence-electron chi connectivity index (χ3n) is 16.2. The summed E-state index contributed by atoms with van der Waals surface area (Å²) >= 11 is 0. The fourth-order valence-electron chi connectivity index (χ4n) is 10.9. The molecular weight excluding hydrogens is 935 g/mol. The fourth-order valence-corrected chi connectivity index (χ4v) is 10.9. The molecule has 6 heteroatoms. The van der Waals surface area contributed by atoms with Crippen LogP contribution in [0.5, 0.6) is 0 Å². The lowest BCUT2D eigenvalue weighted by Crippen LogP contribution is -2.45. The number of ether oxygens (including phenoxy) is 1. The Balaban J connectivity index is 3.37. The summed E-state index contributed by atoms with van der Waals surface area (Å²) in [6.45, 7) is 4.96. The molecule has 0 aliphatic carbocycles. The molecule has 0 aliphatic heterocycles. The van der Waals surface area contributed by atoms with E-state index in [1.165, 1.54) is 308 Å². The van der Waals surface area contributed by atoms with Crippen LogP contribution in [-0.4, -0.2) is 47.4 Å². The summed E-state index contributed by atoms with van der Waals surface area (Å²) in [4.78, 5) is 24.5. The van der Waals surface area contributed by atoms with Crippen LogP contribution in [-0.2, 0) is 14.3 Å². The monoisotopic (exact) mass is 1070 g/mol. The number of esters is 1. The van der Waals surface area contributed by atoms with E-state index in [9.17, 15) is 19.8 Å². The zero-order valence-electron chi connectivity index (χ0n) is 51.5. The molecule has 0 bridgehead atoms. The van der Waals surface area contributed by atoms with Gasteiger partial charge in [-0.3, -0.25) is 9.59 Å². The Labute approximate surface area is 475 Å². The highest BCUT2D eigenvalue weighted by molar-refractivity contribution is 5.76. The summed E-state index contributed by atoms with van der Waals surface area (Å²) in [5.41, 5.74) is 0. The van der Waals surface area contributed by atoms with Crippen LogP contribution in [0.15, 0.2) is 24.3 Å². The summed E-state index contributed by atoms with van der Waals surface area (Å²) in [6, 6.07) is -0.541. The minimum Gasteiger partial charge on any atom is -0.466 e. The average molecular weight is 1070 g/mol. The van der Waals surface area contributed by atoms with Gasteiger partial charge in [0.2, 0.25) is 5.91 Å². The first-order valence-corrected chi connectivity index (χ1v) is 34.6. The van der Waals surface area contributed by atoms with E-state index in [1.54, 1.807) is 0 Å². The third kappa shape index (κ3) is 61.6. The topological polar surface area (TPSA) is 95.9 Å². The van der Waals surface area contributed by atoms with E-state index in [2.05, 4.69) is 43.5 Å². The molecule has 450 valence electrons. The van der Waals surface area contributed by atoms with Crippen molar-refractivity contribution in [3.63, 3.8) is 0 Å². The summed E-state index contributed by atoms with van der Waals surface area (Å²) in [5, 5.41) is 23.4. The van der Waals surface area contributed by atoms with Gasteiger partial charge in [-0.1, -0.05) is 321 Å².